The van der Waals surface area contributed by atoms with Gasteiger partial charge in [0.2, 0.25) is 0 Å². The summed E-state index contributed by atoms with van der Waals surface area (Å²) in [7, 11) is 0. The first-order valence-corrected chi connectivity index (χ1v) is 6.07. The van der Waals surface area contributed by atoms with Crippen molar-refractivity contribution in [3.8, 4) is 0 Å². The number of anilines is 1. The Morgan fingerprint density at radius 1 is 1.53 bits per heavy atom. The molecule has 1 fully saturated rings. The van der Waals surface area contributed by atoms with Crippen molar-refractivity contribution < 1.29 is 9.53 Å². The molecule has 0 spiro atoms. The van der Waals surface area contributed by atoms with Gasteiger partial charge in [0.1, 0.15) is 6.61 Å². The molecule has 1 saturated heterocycles. The average molecular weight is 234 g/mol. The zero-order valence-electron chi connectivity index (χ0n) is 10.3. The molecule has 0 N–H and O–H groups in total. The zero-order chi connectivity index (χ0) is 12.3. The summed E-state index contributed by atoms with van der Waals surface area (Å²) in [5, 5.41) is 0. The Hall–Kier alpha value is -1.42. The van der Waals surface area contributed by atoms with Gasteiger partial charge in [-0.05, 0) is 25.5 Å². The summed E-state index contributed by atoms with van der Waals surface area (Å²) in [6.45, 7) is 4.86. The third-order valence-corrected chi connectivity index (χ3v) is 2.89. The number of morpholine rings is 1. The highest BCUT2D eigenvalue weighted by Gasteiger charge is 2.26. The van der Waals surface area contributed by atoms with Crippen molar-refractivity contribution in [1.29, 1.82) is 0 Å². The normalized spacial score (nSPS) is 20.7. The molecule has 0 aliphatic carbocycles. The molecule has 1 aromatic heterocycles. The molecular formula is C13H18N2O2. The van der Waals surface area contributed by atoms with Gasteiger partial charge in [0.15, 0.2) is 0 Å². The Kier molecular flexibility index (Phi) is 3.74. The number of nitrogens with zero attached hydrogens (tertiary/aromatic N) is 2. The number of carbonyl (C=O) groups excluding carboxylic acids is 1. The molecule has 2 heterocycles. The van der Waals surface area contributed by atoms with Gasteiger partial charge in [-0.1, -0.05) is 13.3 Å². The fourth-order valence-electron chi connectivity index (χ4n) is 2.07. The lowest BCUT2D eigenvalue weighted by atomic mass is 10.2. The first-order chi connectivity index (χ1) is 8.22. The Morgan fingerprint density at radius 2 is 2.35 bits per heavy atom. The van der Waals surface area contributed by atoms with Crippen LogP contribution in [-0.4, -0.2) is 30.1 Å². The van der Waals surface area contributed by atoms with Crippen molar-refractivity contribution in [1.82, 2.24) is 4.98 Å². The van der Waals surface area contributed by atoms with Crippen molar-refractivity contribution in [2.24, 2.45) is 0 Å². The maximum atomic E-state index is 11.8. The molecule has 1 atom stereocenters. The highest BCUT2D eigenvalue weighted by molar-refractivity contribution is 5.95. The van der Waals surface area contributed by atoms with E-state index >= 15 is 0 Å². The summed E-state index contributed by atoms with van der Waals surface area (Å²) in [6.07, 6.45) is 3.84. The van der Waals surface area contributed by atoms with Crippen molar-refractivity contribution in [3.05, 3.63) is 24.0 Å². The fraction of sp³-hybridized carbons (Fsp3) is 0.538. The number of pyridine rings is 1. The van der Waals surface area contributed by atoms with Gasteiger partial charge >= 0.3 is 0 Å². The average Bonchev–Trinajstić information content (AvgIpc) is 2.31. The van der Waals surface area contributed by atoms with Crippen LogP contribution in [0, 0.1) is 0 Å². The van der Waals surface area contributed by atoms with Gasteiger partial charge in [0.25, 0.3) is 5.91 Å². The molecule has 0 saturated carbocycles. The Morgan fingerprint density at radius 3 is 2.94 bits per heavy atom. The first kappa shape index (κ1) is 12.0. The first-order valence-electron chi connectivity index (χ1n) is 6.07. The van der Waals surface area contributed by atoms with Gasteiger partial charge in [-0.15, -0.1) is 0 Å². The van der Waals surface area contributed by atoms with E-state index in [-0.39, 0.29) is 18.6 Å². The zero-order valence-corrected chi connectivity index (χ0v) is 10.3. The Labute approximate surface area is 102 Å². The van der Waals surface area contributed by atoms with Gasteiger partial charge < -0.3 is 9.64 Å². The Bertz CT molecular complexity index is 389. The van der Waals surface area contributed by atoms with E-state index in [2.05, 4.69) is 11.9 Å². The molecule has 1 amide bonds. The third kappa shape index (κ3) is 2.64. The third-order valence-electron chi connectivity index (χ3n) is 2.89. The molecule has 92 valence electrons. The summed E-state index contributed by atoms with van der Waals surface area (Å²) in [5.41, 5.74) is 1.94. The summed E-state index contributed by atoms with van der Waals surface area (Å²) in [6, 6.07) is 4.04. The standard InChI is InChI=1S/C13H18N2O2/c1-3-4-11-5-6-12(7-14-11)15-10(2)8-17-9-13(15)16/h5-7,10H,3-4,8-9H2,1-2H3. The number of carbonyl (C=O) groups is 1. The number of aryl methyl sites for hydroxylation is 1. The molecule has 4 nitrogen and oxygen atoms in total. The highest BCUT2D eigenvalue weighted by Crippen LogP contribution is 2.19. The molecular weight excluding hydrogens is 216 g/mol. The van der Waals surface area contributed by atoms with Crippen LogP contribution < -0.4 is 4.90 Å². The topological polar surface area (TPSA) is 42.4 Å². The van der Waals surface area contributed by atoms with E-state index in [1.165, 1.54) is 0 Å². The van der Waals surface area contributed by atoms with E-state index in [0.717, 1.165) is 24.2 Å². The molecule has 1 unspecified atom stereocenters. The predicted octanol–water partition coefficient (Wildman–Crippen LogP) is 1.79. The van der Waals surface area contributed by atoms with Crippen LogP contribution in [0.5, 0.6) is 0 Å². The van der Waals surface area contributed by atoms with Gasteiger partial charge in [-0.2, -0.15) is 0 Å². The van der Waals surface area contributed by atoms with Crippen molar-refractivity contribution in [2.45, 2.75) is 32.7 Å². The van der Waals surface area contributed by atoms with Crippen molar-refractivity contribution in [3.63, 3.8) is 0 Å². The minimum atomic E-state index is 0.00814. The van der Waals surface area contributed by atoms with Crippen LogP contribution in [0.15, 0.2) is 18.3 Å². The number of hydrogen-bond acceptors (Lipinski definition) is 3. The van der Waals surface area contributed by atoms with Crippen LogP contribution in [0.25, 0.3) is 0 Å². The maximum absolute atomic E-state index is 11.8. The van der Waals surface area contributed by atoms with Gasteiger partial charge in [-0.25, -0.2) is 0 Å². The molecule has 1 aliphatic heterocycles. The molecule has 1 aliphatic rings. The molecule has 2 rings (SSSR count). The SMILES string of the molecule is CCCc1ccc(N2C(=O)COCC2C)cn1. The molecule has 17 heavy (non-hydrogen) atoms. The monoisotopic (exact) mass is 234 g/mol. The predicted molar refractivity (Wildman–Crippen MR) is 66.0 cm³/mol. The lowest BCUT2D eigenvalue weighted by molar-refractivity contribution is -0.127. The smallest absolute Gasteiger partial charge is 0.253 e. The van der Waals surface area contributed by atoms with Crippen LogP contribution >= 0.6 is 0 Å². The quantitative estimate of drug-likeness (QED) is 0.800. The van der Waals surface area contributed by atoms with Crippen LogP contribution in [0.4, 0.5) is 5.69 Å². The number of aromatic nitrogens is 1. The van der Waals surface area contributed by atoms with E-state index in [0.29, 0.717) is 6.61 Å². The van der Waals surface area contributed by atoms with Crippen molar-refractivity contribution >= 4 is 11.6 Å². The lowest BCUT2D eigenvalue weighted by Gasteiger charge is -2.32. The Balaban J connectivity index is 2.17. The second kappa shape index (κ2) is 5.27. The number of hydrogen-bond donors (Lipinski definition) is 0. The van der Waals surface area contributed by atoms with E-state index in [4.69, 9.17) is 4.74 Å². The van der Waals surface area contributed by atoms with Crippen LogP contribution in [0.2, 0.25) is 0 Å². The van der Waals surface area contributed by atoms with Gasteiger partial charge in [0.05, 0.1) is 24.5 Å². The summed E-state index contributed by atoms with van der Waals surface area (Å²) < 4.78 is 5.20. The van der Waals surface area contributed by atoms with Gasteiger partial charge in [0, 0.05) is 5.69 Å². The summed E-state index contributed by atoms with van der Waals surface area (Å²) in [4.78, 5) is 17.9. The number of amides is 1. The molecule has 0 bridgehead atoms. The van der Waals surface area contributed by atoms with E-state index < -0.39 is 0 Å². The summed E-state index contributed by atoms with van der Waals surface area (Å²) in [5.74, 6) is 0.00814. The van der Waals surface area contributed by atoms with E-state index in [9.17, 15) is 4.79 Å². The van der Waals surface area contributed by atoms with Gasteiger partial charge in [-0.3, -0.25) is 9.78 Å². The minimum absolute atomic E-state index is 0.00814. The second-order valence-corrected chi connectivity index (χ2v) is 4.39. The number of rotatable bonds is 3. The van der Waals surface area contributed by atoms with E-state index in [1.54, 1.807) is 11.1 Å². The van der Waals surface area contributed by atoms with Crippen molar-refractivity contribution in [2.75, 3.05) is 18.1 Å². The fourth-order valence-corrected chi connectivity index (χ4v) is 2.07. The van der Waals surface area contributed by atoms with Crippen LogP contribution in [0.3, 0.4) is 0 Å². The maximum Gasteiger partial charge on any atom is 0.253 e. The van der Waals surface area contributed by atoms with Crippen LogP contribution in [-0.2, 0) is 16.0 Å². The molecule has 0 aromatic carbocycles. The molecule has 4 heteroatoms. The number of ether oxygens (including phenoxy) is 1. The van der Waals surface area contributed by atoms with E-state index in [1.807, 2.05) is 19.1 Å². The summed E-state index contributed by atoms with van der Waals surface area (Å²) >= 11 is 0. The molecule has 0 radical (unpaired) electrons. The lowest BCUT2D eigenvalue weighted by Crippen LogP contribution is -2.48. The minimum Gasteiger partial charge on any atom is -0.369 e. The highest BCUT2D eigenvalue weighted by atomic mass is 16.5. The molecule has 1 aromatic rings. The second-order valence-electron chi connectivity index (χ2n) is 4.39. The van der Waals surface area contributed by atoms with Crippen LogP contribution in [0.1, 0.15) is 26.0 Å². The largest absolute Gasteiger partial charge is 0.369 e.